The number of carbonyl (C=O) groups excluding carboxylic acids is 1. The predicted octanol–water partition coefficient (Wildman–Crippen LogP) is 4.12. The lowest BCUT2D eigenvalue weighted by Crippen LogP contribution is -2.43. The third-order valence-electron chi connectivity index (χ3n) is 3.07. The van der Waals surface area contributed by atoms with E-state index in [0.717, 1.165) is 6.04 Å². The number of nitrogens with two attached hydrogens (primary N) is 1. The molecule has 0 saturated carbocycles. The minimum Gasteiger partial charge on any atom is -0.462 e. The monoisotopic (exact) mass is 339 g/mol. The maximum Gasteiger partial charge on any atom is 0.338 e. The van der Waals surface area contributed by atoms with E-state index in [0.29, 0.717) is 23.8 Å². The van der Waals surface area contributed by atoms with Gasteiger partial charge in [-0.3, -0.25) is 0 Å². The molecule has 0 aliphatic heterocycles. The van der Waals surface area contributed by atoms with Gasteiger partial charge in [0.1, 0.15) is 0 Å². The van der Waals surface area contributed by atoms with Crippen LogP contribution < -0.4 is 5.73 Å². The molecule has 124 valence electrons. The first-order valence-electron chi connectivity index (χ1n) is 7.71. The van der Waals surface area contributed by atoms with Crippen LogP contribution in [-0.4, -0.2) is 29.2 Å². The van der Waals surface area contributed by atoms with Gasteiger partial charge in [-0.25, -0.2) is 4.79 Å². The number of carbonyl (C=O) groups is 1. The molecule has 0 saturated heterocycles. The molecule has 0 heterocycles. The van der Waals surface area contributed by atoms with Gasteiger partial charge in [-0.1, -0.05) is 6.92 Å². The molecule has 6 heteroatoms. The molecule has 0 bridgehead atoms. The highest BCUT2D eigenvalue weighted by Gasteiger charge is 2.31. The summed E-state index contributed by atoms with van der Waals surface area (Å²) in [5, 5.41) is 0. The Balaban J connectivity index is 2.47. The summed E-state index contributed by atoms with van der Waals surface area (Å²) < 4.78 is 11.7. The normalized spacial score (nSPS) is 13.7. The molecule has 0 radical (unpaired) electrons. The van der Waals surface area contributed by atoms with E-state index in [1.54, 1.807) is 24.3 Å². The van der Waals surface area contributed by atoms with Crippen LogP contribution in [0.5, 0.6) is 0 Å². The molecular formula is C16H29NO3Si2. The largest absolute Gasteiger partial charge is 0.462 e. The van der Waals surface area contributed by atoms with Gasteiger partial charge in [0.15, 0.2) is 16.6 Å². The molecule has 1 rings (SSSR count). The van der Waals surface area contributed by atoms with E-state index >= 15 is 0 Å². The van der Waals surface area contributed by atoms with Crippen LogP contribution in [0.3, 0.4) is 0 Å². The summed E-state index contributed by atoms with van der Waals surface area (Å²) in [7, 11) is -3.23. The molecule has 1 aromatic rings. The number of esters is 1. The summed E-state index contributed by atoms with van der Waals surface area (Å²) in [5.74, 6) is 0.00758. The number of benzene rings is 1. The van der Waals surface area contributed by atoms with E-state index in [9.17, 15) is 4.79 Å². The molecule has 0 aliphatic carbocycles. The highest BCUT2D eigenvalue weighted by atomic mass is 28.4. The average Bonchev–Trinajstić information content (AvgIpc) is 2.33. The van der Waals surface area contributed by atoms with Crippen LogP contribution in [0.4, 0.5) is 5.69 Å². The average molecular weight is 340 g/mol. The van der Waals surface area contributed by atoms with Gasteiger partial charge in [-0.15, -0.1) is 0 Å². The molecule has 0 aromatic heterocycles. The van der Waals surface area contributed by atoms with Crippen molar-refractivity contribution in [2.24, 2.45) is 5.92 Å². The molecule has 22 heavy (non-hydrogen) atoms. The lowest BCUT2D eigenvalue weighted by molar-refractivity contribution is 0.0457. The van der Waals surface area contributed by atoms with Gasteiger partial charge in [-0.2, -0.15) is 0 Å². The van der Waals surface area contributed by atoms with Crippen molar-refractivity contribution in [3.63, 3.8) is 0 Å². The van der Waals surface area contributed by atoms with Gasteiger partial charge in [0.2, 0.25) is 0 Å². The Morgan fingerprint density at radius 2 is 1.68 bits per heavy atom. The number of nitrogen functional groups attached to an aromatic ring is 1. The standard InChI is InChI=1S/C16H29NO3Si2/c1-13(12-22(5,6)20-21(2,3)4)11-19-16(18)14-7-9-15(17)10-8-14/h7-10,13H,11-12,17H2,1-6H3. The van der Waals surface area contributed by atoms with Crippen LogP contribution in [0, 0.1) is 5.92 Å². The second kappa shape index (κ2) is 7.43. The minimum atomic E-state index is -1.71. The molecule has 2 N–H and O–H groups in total. The van der Waals surface area contributed by atoms with Crippen LogP contribution >= 0.6 is 0 Å². The first-order valence-corrected chi connectivity index (χ1v) is 14.2. The van der Waals surface area contributed by atoms with Crippen molar-refractivity contribution in [2.45, 2.75) is 45.7 Å². The van der Waals surface area contributed by atoms with Crippen molar-refractivity contribution >= 4 is 28.3 Å². The zero-order valence-corrected chi connectivity index (χ0v) is 16.6. The van der Waals surface area contributed by atoms with E-state index in [1.807, 2.05) is 0 Å². The Kier molecular flexibility index (Phi) is 6.40. The summed E-state index contributed by atoms with van der Waals surface area (Å²) in [6, 6.07) is 7.78. The molecule has 0 amide bonds. The van der Waals surface area contributed by atoms with Crippen molar-refractivity contribution in [2.75, 3.05) is 12.3 Å². The number of hydrogen-bond donors (Lipinski definition) is 1. The van der Waals surface area contributed by atoms with Gasteiger partial charge in [0, 0.05) is 5.69 Å². The number of hydrogen-bond acceptors (Lipinski definition) is 4. The van der Waals surface area contributed by atoms with Crippen LogP contribution in [0.2, 0.25) is 38.8 Å². The summed E-state index contributed by atoms with van der Waals surface area (Å²) in [5.41, 5.74) is 6.79. The van der Waals surface area contributed by atoms with E-state index in [4.69, 9.17) is 14.6 Å². The lowest BCUT2D eigenvalue weighted by Gasteiger charge is -2.33. The molecule has 0 fully saturated rings. The van der Waals surface area contributed by atoms with Crippen LogP contribution in [0.1, 0.15) is 17.3 Å². The van der Waals surface area contributed by atoms with Gasteiger partial charge in [-0.05, 0) is 69.0 Å². The Morgan fingerprint density at radius 1 is 1.14 bits per heavy atom. The van der Waals surface area contributed by atoms with Crippen molar-refractivity contribution in [3.05, 3.63) is 29.8 Å². The number of rotatable bonds is 7. The molecule has 1 aromatic carbocycles. The smallest absolute Gasteiger partial charge is 0.338 e. The zero-order valence-electron chi connectivity index (χ0n) is 14.6. The van der Waals surface area contributed by atoms with E-state index in [2.05, 4.69) is 39.7 Å². The van der Waals surface area contributed by atoms with Gasteiger partial charge in [0.25, 0.3) is 0 Å². The molecule has 1 unspecified atom stereocenters. The summed E-state index contributed by atoms with van der Waals surface area (Å²) in [4.78, 5) is 12.0. The van der Waals surface area contributed by atoms with Crippen LogP contribution in [0.15, 0.2) is 24.3 Å². The maximum atomic E-state index is 12.0. The predicted molar refractivity (Wildman–Crippen MR) is 97.0 cm³/mol. The van der Waals surface area contributed by atoms with E-state index < -0.39 is 16.6 Å². The minimum absolute atomic E-state index is 0.294. The topological polar surface area (TPSA) is 61.5 Å². The van der Waals surface area contributed by atoms with E-state index in [1.165, 1.54) is 0 Å². The molecule has 4 nitrogen and oxygen atoms in total. The molecular weight excluding hydrogens is 310 g/mol. The van der Waals surface area contributed by atoms with Gasteiger partial charge in [0.05, 0.1) is 12.2 Å². The van der Waals surface area contributed by atoms with Gasteiger partial charge >= 0.3 is 5.97 Å². The van der Waals surface area contributed by atoms with Gasteiger partial charge < -0.3 is 14.6 Å². The SMILES string of the molecule is CC(COC(=O)c1ccc(N)cc1)C[Si](C)(C)O[Si](C)(C)C. The summed E-state index contributed by atoms with van der Waals surface area (Å²) in [6.07, 6.45) is 0. The summed E-state index contributed by atoms with van der Waals surface area (Å²) >= 11 is 0. The Bertz CT molecular complexity index is 495. The van der Waals surface area contributed by atoms with Crippen molar-refractivity contribution in [3.8, 4) is 0 Å². The number of ether oxygens (including phenoxy) is 1. The Labute approximate surface area is 136 Å². The highest BCUT2D eigenvalue weighted by molar-refractivity contribution is 6.84. The first-order chi connectivity index (χ1) is 9.98. The number of anilines is 1. The molecule has 0 spiro atoms. The Morgan fingerprint density at radius 3 is 2.18 bits per heavy atom. The van der Waals surface area contributed by atoms with Crippen molar-refractivity contribution in [1.82, 2.24) is 0 Å². The Hall–Kier alpha value is -1.12. The fraction of sp³-hybridized carbons (Fsp3) is 0.562. The lowest BCUT2D eigenvalue weighted by atomic mass is 10.2. The highest BCUT2D eigenvalue weighted by Crippen LogP contribution is 2.23. The zero-order chi connectivity index (χ0) is 17.0. The van der Waals surface area contributed by atoms with E-state index in [-0.39, 0.29) is 5.97 Å². The first kappa shape index (κ1) is 18.9. The third-order valence-corrected chi connectivity index (χ3v) is 9.41. The van der Waals surface area contributed by atoms with Crippen LogP contribution in [0.25, 0.3) is 0 Å². The second-order valence-electron chi connectivity index (χ2n) is 7.50. The van der Waals surface area contributed by atoms with Crippen LogP contribution in [-0.2, 0) is 8.85 Å². The fourth-order valence-corrected chi connectivity index (χ4v) is 11.4. The van der Waals surface area contributed by atoms with Crippen molar-refractivity contribution < 1.29 is 13.6 Å². The molecule has 1 atom stereocenters. The third kappa shape index (κ3) is 7.24. The summed E-state index contributed by atoms with van der Waals surface area (Å²) in [6.45, 7) is 13.7. The quantitative estimate of drug-likeness (QED) is 0.461. The fourth-order valence-electron chi connectivity index (χ4n) is 2.69. The maximum absolute atomic E-state index is 12.0. The molecule has 0 aliphatic rings. The van der Waals surface area contributed by atoms with Crippen molar-refractivity contribution in [1.29, 1.82) is 0 Å². The second-order valence-corrected chi connectivity index (χ2v) is 16.5.